The van der Waals surface area contributed by atoms with Gasteiger partial charge in [-0.05, 0) is 25.1 Å². The average molecular weight is 368 g/mol. The molecule has 1 amide bonds. The van der Waals surface area contributed by atoms with E-state index in [1.165, 1.54) is 6.92 Å². The number of rotatable bonds is 5. The van der Waals surface area contributed by atoms with Gasteiger partial charge in [0.2, 0.25) is 0 Å². The number of amides is 1. The zero-order valence-electron chi connectivity index (χ0n) is 12.8. The highest BCUT2D eigenvalue weighted by Crippen LogP contribution is 2.40. The third-order valence-electron chi connectivity index (χ3n) is 3.28. The van der Waals surface area contributed by atoms with Crippen molar-refractivity contribution in [3.05, 3.63) is 23.8 Å². The summed E-state index contributed by atoms with van der Waals surface area (Å²) in [4.78, 5) is 12.3. The minimum atomic E-state index is -5.14. The zero-order chi connectivity index (χ0) is 18.8. The molecule has 2 rings (SSSR count). The summed E-state index contributed by atoms with van der Waals surface area (Å²) < 4.78 is 73.0. The van der Waals surface area contributed by atoms with Crippen LogP contribution in [0.1, 0.15) is 23.7 Å². The van der Waals surface area contributed by atoms with Crippen molar-refractivity contribution in [1.82, 2.24) is 5.01 Å². The Bertz CT molecular complexity index is 680. The molecule has 6 nitrogen and oxygen atoms in total. The number of hydrazone groups is 1. The van der Waals surface area contributed by atoms with Crippen LogP contribution in [0, 0.1) is 0 Å². The van der Waals surface area contributed by atoms with E-state index in [2.05, 4.69) is 9.84 Å². The molecule has 1 aromatic carbocycles. The number of hydrogen-bond donors (Lipinski definition) is 1. The van der Waals surface area contributed by atoms with Gasteiger partial charge in [0.15, 0.2) is 11.5 Å². The van der Waals surface area contributed by atoms with Gasteiger partial charge < -0.3 is 14.6 Å². The number of ether oxygens (including phenoxy) is 2. The first-order valence-corrected chi connectivity index (χ1v) is 6.98. The lowest BCUT2D eigenvalue weighted by molar-refractivity contribution is -0.297. The number of carbonyl (C=O) groups excluding carboxylic acids is 1. The van der Waals surface area contributed by atoms with Crippen LogP contribution in [0.3, 0.4) is 0 Å². The Balaban J connectivity index is 2.36. The summed E-state index contributed by atoms with van der Waals surface area (Å²) in [6.45, 7) is -1.58. The smallest absolute Gasteiger partial charge is 0.438 e. The molecule has 0 fully saturated rings. The highest BCUT2D eigenvalue weighted by molar-refractivity contribution is 5.96. The van der Waals surface area contributed by atoms with Crippen LogP contribution in [-0.2, 0) is 0 Å². The molecule has 138 valence electrons. The number of aliphatic hydroxyl groups is 1. The van der Waals surface area contributed by atoms with E-state index in [9.17, 15) is 31.9 Å². The second-order valence-electron chi connectivity index (χ2n) is 4.91. The lowest BCUT2D eigenvalue weighted by Crippen LogP contribution is -2.56. The van der Waals surface area contributed by atoms with Crippen LogP contribution < -0.4 is 9.47 Å². The second-order valence-corrected chi connectivity index (χ2v) is 4.91. The molecule has 1 N–H and O–H groups in total. The van der Waals surface area contributed by atoms with Crippen molar-refractivity contribution in [2.24, 2.45) is 5.10 Å². The molecule has 1 aliphatic heterocycles. The topological polar surface area (TPSA) is 71.4 Å². The SMILES string of the molecule is CCOc1cc(C(=O)N2N=CCC2(O)C(F)(F)F)ccc1OC(F)F. The molecule has 11 heteroatoms. The van der Waals surface area contributed by atoms with Crippen molar-refractivity contribution in [2.75, 3.05) is 6.61 Å². The quantitative estimate of drug-likeness (QED) is 0.812. The standard InChI is InChI=1S/C14H13F5N2O4/c1-2-24-10-7-8(3-4-9(10)25-12(15)16)11(22)21-13(23,5-6-20-21)14(17,18)19/h3-4,6-7,12,23H,2,5H2,1H3. The van der Waals surface area contributed by atoms with Gasteiger partial charge in [-0.15, -0.1) is 0 Å². The minimum absolute atomic E-state index is 0.0333. The Morgan fingerprint density at radius 3 is 2.64 bits per heavy atom. The van der Waals surface area contributed by atoms with Crippen LogP contribution in [0.5, 0.6) is 11.5 Å². The summed E-state index contributed by atoms with van der Waals surface area (Å²) in [5.41, 5.74) is -3.83. The zero-order valence-corrected chi connectivity index (χ0v) is 12.8. The molecular weight excluding hydrogens is 355 g/mol. The van der Waals surface area contributed by atoms with Gasteiger partial charge in [-0.1, -0.05) is 0 Å². The average Bonchev–Trinajstić information content (AvgIpc) is 2.91. The van der Waals surface area contributed by atoms with Gasteiger partial charge in [0.05, 0.1) is 6.61 Å². The van der Waals surface area contributed by atoms with Crippen LogP contribution in [0.25, 0.3) is 0 Å². The van der Waals surface area contributed by atoms with Gasteiger partial charge >= 0.3 is 12.8 Å². The molecular formula is C14H13F5N2O4. The number of hydrogen-bond acceptors (Lipinski definition) is 5. The first-order valence-electron chi connectivity index (χ1n) is 6.98. The Labute approximate surface area is 138 Å². The fourth-order valence-corrected chi connectivity index (χ4v) is 2.11. The molecule has 0 aliphatic carbocycles. The molecule has 1 atom stereocenters. The van der Waals surface area contributed by atoms with E-state index in [0.29, 0.717) is 0 Å². The van der Waals surface area contributed by atoms with Crippen LogP contribution >= 0.6 is 0 Å². The monoisotopic (exact) mass is 368 g/mol. The van der Waals surface area contributed by atoms with E-state index in [4.69, 9.17) is 4.74 Å². The summed E-state index contributed by atoms with van der Waals surface area (Å²) in [6.07, 6.45) is -5.31. The van der Waals surface area contributed by atoms with Crippen molar-refractivity contribution < 1.29 is 41.3 Å². The Morgan fingerprint density at radius 1 is 1.40 bits per heavy atom. The first kappa shape index (κ1) is 18.9. The molecule has 0 aromatic heterocycles. The van der Waals surface area contributed by atoms with Gasteiger partial charge in [0.25, 0.3) is 11.6 Å². The van der Waals surface area contributed by atoms with E-state index >= 15 is 0 Å². The largest absolute Gasteiger partial charge is 0.490 e. The number of nitrogens with zero attached hydrogens (tertiary/aromatic N) is 2. The highest BCUT2D eigenvalue weighted by Gasteiger charge is 2.61. The molecule has 0 saturated heterocycles. The highest BCUT2D eigenvalue weighted by atomic mass is 19.4. The van der Waals surface area contributed by atoms with E-state index in [0.717, 1.165) is 24.4 Å². The van der Waals surface area contributed by atoms with E-state index in [-0.39, 0.29) is 28.7 Å². The predicted octanol–water partition coefficient (Wildman–Crippen LogP) is 2.77. The van der Waals surface area contributed by atoms with Gasteiger partial charge in [0, 0.05) is 18.2 Å². The lowest BCUT2D eigenvalue weighted by Gasteiger charge is -2.32. The Hall–Kier alpha value is -2.43. The molecule has 1 aliphatic rings. The summed E-state index contributed by atoms with van der Waals surface area (Å²) in [5, 5.41) is 12.9. The van der Waals surface area contributed by atoms with E-state index in [1.807, 2.05) is 0 Å². The molecule has 0 spiro atoms. The van der Waals surface area contributed by atoms with Crippen LogP contribution in [0.4, 0.5) is 22.0 Å². The van der Waals surface area contributed by atoms with Crippen molar-refractivity contribution in [3.8, 4) is 11.5 Å². The molecule has 1 unspecified atom stereocenters. The number of benzene rings is 1. The number of carbonyl (C=O) groups is 1. The second kappa shape index (κ2) is 6.82. The van der Waals surface area contributed by atoms with E-state index in [1.54, 1.807) is 0 Å². The maximum atomic E-state index is 13.0. The molecule has 0 radical (unpaired) electrons. The van der Waals surface area contributed by atoms with Crippen LogP contribution in [0.15, 0.2) is 23.3 Å². The normalized spacial score (nSPS) is 20.2. The number of halogens is 5. The Kier molecular flexibility index (Phi) is 5.16. The van der Waals surface area contributed by atoms with E-state index < -0.39 is 30.8 Å². The van der Waals surface area contributed by atoms with Crippen molar-refractivity contribution in [2.45, 2.75) is 31.9 Å². The Morgan fingerprint density at radius 2 is 2.08 bits per heavy atom. The summed E-state index contributed by atoms with van der Waals surface area (Å²) in [5.74, 6) is -1.92. The molecule has 0 saturated carbocycles. The summed E-state index contributed by atoms with van der Waals surface area (Å²) in [7, 11) is 0. The lowest BCUT2D eigenvalue weighted by atomic mass is 10.1. The summed E-state index contributed by atoms with van der Waals surface area (Å²) >= 11 is 0. The van der Waals surface area contributed by atoms with Crippen LogP contribution in [0.2, 0.25) is 0 Å². The third kappa shape index (κ3) is 3.65. The molecule has 1 aromatic rings. The minimum Gasteiger partial charge on any atom is -0.490 e. The molecule has 25 heavy (non-hydrogen) atoms. The van der Waals surface area contributed by atoms with Gasteiger partial charge in [-0.25, -0.2) is 0 Å². The predicted molar refractivity (Wildman–Crippen MR) is 74.5 cm³/mol. The van der Waals surface area contributed by atoms with Crippen molar-refractivity contribution in [3.63, 3.8) is 0 Å². The number of alkyl halides is 5. The fourth-order valence-electron chi connectivity index (χ4n) is 2.11. The van der Waals surface area contributed by atoms with Gasteiger partial charge in [-0.2, -0.15) is 32.1 Å². The van der Waals surface area contributed by atoms with Crippen molar-refractivity contribution >= 4 is 12.1 Å². The maximum absolute atomic E-state index is 13.0. The van der Waals surface area contributed by atoms with Gasteiger partial charge in [0.1, 0.15) is 0 Å². The molecule has 1 heterocycles. The first-order chi connectivity index (χ1) is 11.6. The van der Waals surface area contributed by atoms with Crippen molar-refractivity contribution in [1.29, 1.82) is 0 Å². The third-order valence-corrected chi connectivity index (χ3v) is 3.28. The van der Waals surface area contributed by atoms with Gasteiger partial charge in [-0.3, -0.25) is 4.79 Å². The van der Waals surface area contributed by atoms with Crippen LogP contribution in [-0.4, -0.2) is 47.4 Å². The summed E-state index contributed by atoms with van der Waals surface area (Å²) in [6, 6.07) is 2.86. The fraction of sp³-hybridized carbons (Fsp3) is 0.429. The maximum Gasteiger partial charge on any atom is 0.438 e. The molecule has 0 bridgehead atoms.